The SMILES string of the molecule is CCOC(C=Nc1ccncc1Cl)=C(N)C(=O)Nc1ccc(Oc2ccnc3cc(OC)c(OC)cc23)cn1. The molecule has 200 valence electrons. The number of carbonyl (C=O) groups is 1. The number of nitrogens with two attached hydrogens (primary N) is 1. The number of allylic oxidation sites excluding steroid dienone is 1. The number of hydrogen-bond acceptors (Lipinski definition) is 10. The normalized spacial score (nSPS) is 11.7. The van der Waals surface area contributed by atoms with E-state index in [2.05, 4.69) is 25.3 Å². The van der Waals surface area contributed by atoms with Crippen molar-refractivity contribution in [1.29, 1.82) is 0 Å². The van der Waals surface area contributed by atoms with Crippen LogP contribution in [0.1, 0.15) is 6.92 Å². The van der Waals surface area contributed by atoms with Crippen molar-refractivity contribution in [3.05, 3.63) is 77.7 Å². The summed E-state index contributed by atoms with van der Waals surface area (Å²) in [6.07, 6.45) is 7.43. The summed E-state index contributed by atoms with van der Waals surface area (Å²) in [5.74, 6) is 1.81. The Kier molecular flexibility index (Phi) is 8.75. The number of benzene rings is 1. The number of amides is 1. The lowest BCUT2D eigenvalue weighted by molar-refractivity contribution is -0.113. The van der Waals surface area contributed by atoms with Crippen molar-refractivity contribution in [2.45, 2.75) is 6.92 Å². The lowest BCUT2D eigenvalue weighted by Gasteiger charge is -2.12. The van der Waals surface area contributed by atoms with E-state index in [1.54, 1.807) is 69.9 Å². The third kappa shape index (κ3) is 6.51. The Labute approximate surface area is 229 Å². The van der Waals surface area contributed by atoms with Gasteiger partial charge in [0.2, 0.25) is 0 Å². The van der Waals surface area contributed by atoms with Crippen molar-refractivity contribution in [1.82, 2.24) is 15.0 Å². The average molecular weight is 549 g/mol. The summed E-state index contributed by atoms with van der Waals surface area (Å²) in [5, 5.41) is 3.70. The molecule has 39 heavy (non-hydrogen) atoms. The first-order valence-electron chi connectivity index (χ1n) is 11.7. The molecule has 12 heteroatoms. The van der Waals surface area contributed by atoms with Crippen LogP contribution in [0.25, 0.3) is 10.9 Å². The average Bonchev–Trinajstić information content (AvgIpc) is 2.96. The molecule has 4 rings (SSSR count). The maximum Gasteiger partial charge on any atom is 0.276 e. The van der Waals surface area contributed by atoms with Crippen LogP contribution < -0.4 is 25.3 Å². The van der Waals surface area contributed by atoms with Crippen molar-refractivity contribution in [3.63, 3.8) is 0 Å². The Morgan fingerprint density at radius 1 is 1.05 bits per heavy atom. The standard InChI is InChI=1S/C27H25ClN6O5/c1-4-38-24(15-32-19-7-9-30-14-18(19)28)26(29)27(35)34-25-6-5-16(13-33-25)39-21-8-10-31-20-12-23(37-3)22(36-2)11-17(20)21/h5-15H,4,29H2,1-3H3,(H,33,34,35). The number of nitrogens with zero attached hydrogens (tertiary/aromatic N) is 4. The van der Waals surface area contributed by atoms with Gasteiger partial charge in [-0.1, -0.05) is 11.6 Å². The molecule has 0 fully saturated rings. The van der Waals surface area contributed by atoms with Gasteiger partial charge in [-0.25, -0.2) is 4.98 Å². The second kappa shape index (κ2) is 12.6. The first kappa shape index (κ1) is 27.1. The summed E-state index contributed by atoms with van der Waals surface area (Å²) in [7, 11) is 3.11. The zero-order valence-corrected chi connectivity index (χ0v) is 22.1. The summed E-state index contributed by atoms with van der Waals surface area (Å²) >= 11 is 6.08. The molecule has 0 aliphatic heterocycles. The fourth-order valence-electron chi connectivity index (χ4n) is 3.41. The fraction of sp³-hybridized carbons (Fsp3) is 0.148. The van der Waals surface area contributed by atoms with Gasteiger partial charge in [0.25, 0.3) is 5.91 Å². The third-order valence-corrected chi connectivity index (χ3v) is 5.59. The van der Waals surface area contributed by atoms with Gasteiger partial charge in [0, 0.05) is 30.0 Å². The number of carbonyl (C=O) groups excluding carboxylic acids is 1. The summed E-state index contributed by atoms with van der Waals surface area (Å²) in [5.41, 5.74) is 7.00. The molecule has 3 heterocycles. The quantitative estimate of drug-likeness (QED) is 0.158. The predicted molar refractivity (Wildman–Crippen MR) is 148 cm³/mol. The largest absolute Gasteiger partial charge is 0.493 e. The van der Waals surface area contributed by atoms with Gasteiger partial charge in [-0.3, -0.25) is 19.8 Å². The van der Waals surface area contributed by atoms with Gasteiger partial charge < -0.3 is 30.0 Å². The Bertz CT molecular complexity index is 1540. The number of nitrogens with one attached hydrogen (secondary N) is 1. The minimum absolute atomic E-state index is 0.0828. The number of aromatic nitrogens is 3. The number of halogens is 1. The molecule has 0 unspecified atom stereocenters. The Hall–Kier alpha value is -4.90. The molecule has 4 aromatic rings. The van der Waals surface area contributed by atoms with Gasteiger partial charge in [0.1, 0.15) is 23.0 Å². The Balaban J connectivity index is 1.50. The number of hydrogen-bond donors (Lipinski definition) is 2. The number of ether oxygens (including phenoxy) is 4. The van der Waals surface area contributed by atoms with E-state index in [4.69, 9.17) is 36.3 Å². The first-order valence-corrected chi connectivity index (χ1v) is 12.0. The molecule has 3 N–H and O–H groups in total. The highest BCUT2D eigenvalue weighted by Gasteiger charge is 2.15. The molecular weight excluding hydrogens is 524 g/mol. The van der Waals surface area contributed by atoms with Gasteiger partial charge in [-0.05, 0) is 37.3 Å². The molecule has 0 saturated carbocycles. The first-order chi connectivity index (χ1) is 18.9. The van der Waals surface area contributed by atoms with E-state index in [-0.39, 0.29) is 23.9 Å². The van der Waals surface area contributed by atoms with Gasteiger partial charge >= 0.3 is 0 Å². The van der Waals surface area contributed by atoms with Crippen molar-refractivity contribution < 1.29 is 23.7 Å². The number of rotatable bonds is 10. The van der Waals surface area contributed by atoms with Gasteiger partial charge in [-0.2, -0.15) is 0 Å². The van der Waals surface area contributed by atoms with Crippen molar-refractivity contribution in [2.75, 3.05) is 26.1 Å². The van der Waals surface area contributed by atoms with E-state index < -0.39 is 5.91 Å². The topological polar surface area (TPSA) is 143 Å². The van der Waals surface area contributed by atoms with Crippen LogP contribution in [0.5, 0.6) is 23.0 Å². The molecule has 0 saturated heterocycles. The summed E-state index contributed by atoms with van der Waals surface area (Å²) in [6, 6.07) is 10.1. The van der Waals surface area contributed by atoms with Crippen LogP contribution in [0.2, 0.25) is 5.02 Å². The van der Waals surface area contributed by atoms with E-state index in [1.165, 1.54) is 18.6 Å². The van der Waals surface area contributed by atoms with E-state index in [0.717, 1.165) is 5.39 Å². The molecule has 1 aromatic carbocycles. The third-order valence-electron chi connectivity index (χ3n) is 5.29. The molecule has 1 amide bonds. The van der Waals surface area contributed by atoms with Crippen LogP contribution >= 0.6 is 11.6 Å². The minimum atomic E-state index is -0.618. The Morgan fingerprint density at radius 3 is 2.54 bits per heavy atom. The molecule has 0 atom stereocenters. The molecule has 0 radical (unpaired) electrons. The summed E-state index contributed by atoms with van der Waals surface area (Å²) < 4.78 is 22.3. The molecule has 0 spiro atoms. The van der Waals surface area contributed by atoms with Gasteiger partial charge in [-0.15, -0.1) is 0 Å². The molecule has 0 aliphatic carbocycles. The lowest BCUT2D eigenvalue weighted by Crippen LogP contribution is -2.23. The number of methoxy groups -OCH3 is 2. The highest BCUT2D eigenvalue weighted by atomic mass is 35.5. The second-order valence-corrected chi connectivity index (χ2v) is 8.17. The minimum Gasteiger partial charge on any atom is -0.493 e. The van der Waals surface area contributed by atoms with Crippen LogP contribution in [0.15, 0.2) is 77.6 Å². The highest BCUT2D eigenvalue weighted by molar-refractivity contribution is 6.32. The smallest absolute Gasteiger partial charge is 0.276 e. The zero-order valence-electron chi connectivity index (χ0n) is 21.3. The number of pyridine rings is 3. The maximum atomic E-state index is 12.8. The van der Waals surface area contributed by atoms with Gasteiger partial charge in [0.05, 0.1) is 49.5 Å². The van der Waals surface area contributed by atoms with E-state index in [1.807, 2.05) is 0 Å². The van der Waals surface area contributed by atoms with Crippen LogP contribution in [-0.2, 0) is 9.53 Å². The van der Waals surface area contributed by atoms with Crippen LogP contribution in [-0.4, -0.2) is 47.9 Å². The van der Waals surface area contributed by atoms with Crippen molar-refractivity contribution >= 4 is 46.1 Å². The highest BCUT2D eigenvalue weighted by Crippen LogP contribution is 2.36. The Morgan fingerprint density at radius 2 is 1.85 bits per heavy atom. The van der Waals surface area contributed by atoms with E-state index in [0.29, 0.717) is 39.2 Å². The summed E-state index contributed by atoms with van der Waals surface area (Å²) in [6.45, 7) is 2.03. The number of anilines is 1. The number of fused-ring (bicyclic) bond motifs is 1. The van der Waals surface area contributed by atoms with Crippen molar-refractivity contribution in [3.8, 4) is 23.0 Å². The van der Waals surface area contributed by atoms with Gasteiger partial charge in [0.15, 0.2) is 17.3 Å². The second-order valence-electron chi connectivity index (χ2n) is 7.76. The zero-order chi connectivity index (χ0) is 27.8. The molecule has 0 bridgehead atoms. The lowest BCUT2D eigenvalue weighted by atomic mass is 10.2. The van der Waals surface area contributed by atoms with Crippen LogP contribution in [0.4, 0.5) is 11.5 Å². The van der Waals surface area contributed by atoms with E-state index in [9.17, 15) is 4.79 Å². The predicted octanol–water partition coefficient (Wildman–Crippen LogP) is 5.04. The molecule has 11 nitrogen and oxygen atoms in total. The molecule has 0 aliphatic rings. The molecular formula is C27H25ClN6O5. The maximum absolute atomic E-state index is 12.8. The van der Waals surface area contributed by atoms with E-state index >= 15 is 0 Å². The van der Waals surface area contributed by atoms with Crippen LogP contribution in [0.3, 0.4) is 0 Å². The molecule has 3 aromatic heterocycles. The van der Waals surface area contributed by atoms with Crippen molar-refractivity contribution in [2.24, 2.45) is 10.7 Å². The van der Waals surface area contributed by atoms with Crippen LogP contribution in [0, 0.1) is 0 Å². The number of aliphatic imine (C=N–C) groups is 1. The monoisotopic (exact) mass is 548 g/mol. The fourth-order valence-corrected chi connectivity index (χ4v) is 3.58. The summed E-state index contributed by atoms with van der Waals surface area (Å²) in [4.78, 5) is 29.5.